The third-order valence-electron chi connectivity index (χ3n) is 6.49. The largest absolute Gasteiger partial charge is 0.444 e. The molecule has 2 saturated heterocycles. The second kappa shape index (κ2) is 9.37. The summed E-state index contributed by atoms with van der Waals surface area (Å²) >= 11 is 0. The molecule has 1 aromatic carbocycles. The molecule has 1 spiro atoms. The van der Waals surface area contributed by atoms with Crippen molar-refractivity contribution >= 4 is 23.6 Å². The standard InChI is InChI=1S/C25H33N5O3/c1-24(2,3)33-23(32)30-17-12-25(13-18-30)10-15-29(16-11-25)21(31)20-9-14-26-22(28-20)27-19-7-5-4-6-8-19/h4-9,14H,10-13,15-18H2,1-3H3,(H,26,27,28). The van der Waals surface area contributed by atoms with Gasteiger partial charge in [-0.15, -0.1) is 0 Å². The highest BCUT2D eigenvalue weighted by atomic mass is 16.6. The summed E-state index contributed by atoms with van der Waals surface area (Å²) in [5.41, 5.74) is 0.995. The number of likely N-dealkylation sites (tertiary alicyclic amines) is 2. The van der Waals surface area contributed by atoms with E-state index in [1.807, 2.05) is 60.9 Å². The van der Waals surface area contributed by atoms with Crippen LogP contribution in [-0.4, -0.2) is 63.5 Å². The molecule has 0 aliphatic carbocycles. The van der Waals surface area contributed by atoms with Crippen LogP contribution >= 0.6 is 0 Å². The summed E-state index contributed by atoms with van der Waals surface area (Å²) in [5.74, 6) is 0.351. The van der Waals surface area contributed by atoms with Gasteiger partial charge < -0.3 is 19.9 Å². The third-order valence-corrected chi connectivity index (χ3v) is 6.49. The van der Waals surface area contributed by atoms with Crippen molar-refractivity contribution in [1.82, 2.24) is 19.8 Å². The number of amides is 2. The molecule has 1 aromatic heterocycles. The van der Waals surface area contributed by atoms with Crippen LogP contribution in [0.2, 0.25) is 0 Å². The van der Waals surface area contributed by atoms with Crippen molar-refractivity contribution in [3.05, 3.63) is 48.3 Å². The van der Waals surface area contributed by atoms with Crippen LogP contribution in [0.1, 0.15) is 56.9 Å². The van der Waals surface area contributed by atoms with Crippen LogP contribution in [0.25, 0.3) is 0 Å². The van der Waals surface area contributed by atoms with Crippen molar-refractivity contribution in [2.75, 3.05) is 31.5 Å². The minimum atomic E-state index is -0.477. The lowest BCUT2D eigenvalue weighted by molar-refractivity contribution is -0.00119. The molecule has 0 saturated carbocycles. The van der Waals surface area contributed by atoms with Crippen molar-refractivity contribution in [2.45, 2.75) is 52.1 Å². The number of rotatable bonds is 3. The number of benzene rings is 1. The summed E-state index contributed by atoms with van der Waals surface area (Å²) < 4.78 is 5.51. The summed E-state index contributed by atoms with van der Waals surface area (Å²) in [4.78, 5) is 37.8. The predicted molar refractivity (Wildman–Crippen MR) is 126 cm³/mol. The van der Waals surface area contributed by atoms with E-state index in [4.69, 9.17) is 4.74 Å². The zero-order valence-electron chi connectivity index (χ0n) is 19.7. The van der Waals surface area contributed by atoms with E-state index >= 15 is 0 Å². The number of anilines is 2. The monoisotopic (exact) mass is 451 g/mol. The highest BCUT2D eigenvalue weighted by Crippen LogP contribution is 2.41. The first-order valence-electron chi connectivity index (χ1n) is 11.7. The van der Waals surface area contributed by atoms with E-state index < -0.39 is 5.60 Å². The number of carbonyl (C=O) groups excluding carboxylic acids is 2. The maximum Gasteiger partial charge on any atom is 0.410 e. The third kappa shape index (κ3) is 5.80. The SMILES string of the molecule is CC(C)(C)OC(=O)N1CCC2(CC1)CCN(C(=O)c1ccnc(Nc3ccccc3)n1)CC2. The Bertz CT molecular complexity index is 971. The molecule has 2 aliphatic rings. The highest BCUT2D eigenvalue weighted by Gasteiger charge is 2.40. The van der Waals surface area contributed by atoms with E-state index in [1.165, 1.54) is 0 Å². The summed E-state index contributed by atoms with van der Waals surface area (Å²) in [6.45, 7) is 8.50. The number of aromatic nitrogens is 2. The minimum Gasteiger partial charge on any atom is -0.444 e. The van der Waals surface area contributed by atoms with Crippen LogP contribution in [0.4, 0.5) is 16.4 Å². The highest BCUT2D eigenvalue weighted by molar-refractivity contribution is 5.92. The number of carbonyl (C=O) groups is 2. The zero-order chi connectivity index (χ0) is 23.5. The average Bonchev–Trinajstić information content (AvgIpc) is 2.79. The van der Waals surface area contributed by atoms with Gasteiger partial charge in [0.05, 0.1) is 0 Å². The van der Waals surface area contributed by atoms with E-state index in [0.717, 1.165) is 31.4 Å². The molecule has 0 radical (unpaired) electrons. The molecule has 2 aliphatic heterocycles. The molecule has 2 fully saturated rings. The van der Waals surface area contributed by atoms with E-state index in [0.29, 0.717) is 37.8 Å². The number of nitrogens with zero attached hydrogens (tertiary/aromatic N) is 4. The first-order chi connectivity index (χ1) is 15.7. The Kier molecular flexibility index (Phi) is 6.54. The maximum atomic E-state index is 13.1. The topological polar surface area (TPSA) is 87.7 Å². The van der Waals surface area contributed by atoms with E-state index in [1.54, 1.807) is 12.3 Å². The lowest BCUT2D eigenvalue weighted by Gasteiger charge is -2.46. The average molecular weight is 452 g/mol. The zero-order valence-corrected chi connectivity index (χ0v) is 19.7. The number of ether oxygens (including phenoxy) is 1. The second-order valence-corrected chi connectivity index (χ2v) is 10.0. The molecule has 33 heavy (non-hydrogen) atoms. The van der Waals surface area contributed by atoms with Crippen molar-refractivity contribution in [3.63, 3.8) is 0 Å². The van der Waals surface area contributed by atoms with Crippen LogP contribution in [0.5, 0.6) is 0 Å². The number of nitrogens with one attached hydrogen (secondary N) is 1. The minimum absolute atomic E-state index is 0.0606. The van der Waals surface area contributed by atoms with Crippen LogP contribution in [0.15, 0.2) is 42.6 Å². The predicted octanol–water partition coefficient (Wildman–Crippen LogP) is 4.47. The van der Waals surface area contributed by atoms with Crippen LogP contribution in [0.3, 0.4) is 0 Å². The second-order valence-electron chi connectivity index (χ2n) is 10.0. The molecule has 0 unspecified atom stereocenters. The van der Waals surface area contributed by atoms with E-state index in [-0.39, 0.29) is 17.4 Å². The van der Waals surface area contributed by atoms with Gasteiger partial charge in [-0.2, -0.15) is 0 Å². The fourth-order valence-electron chi connectivity index (χ4n) is 4.52. The first kappa shape index (κ1) is 23.0. The smallest absolute Gasteiger partial charge is 0.410 e. The fourth-order valence-corrected chi connectivity index (χ4v) is 4.52. The summed E-state index contributed by atoms with van der Waals surface area (Å²) in [5, 5.41) is 3.14. The quantitative estimate of drug-likeness (QED) is 0.741. The molecule has 8 heteroatoms. The van der Waals surface area contributed by atoms with Crippen LogP contribution in [-0.2, 0) is 4.74 Å². The Morgan fingerprint density at radius 1 is 0.939 bits per heavy atom. The van der Waals surface area contributed by atoms with Crippen molar-refractivity contribution in [3.8, 4) is 0 Å². The number of hydrogen-bond acceptors (Lipinski definition) is 6. The Balaban J connectivity index is 1.31. The van der Waals surface area contributed by atoms with Crippen molar-refractivity contribution in [2.24, 2.45) is 5.41 Å². The van der Waals surface area contributed by atoms with Gasteiger partial charge in [0.1, 0.15) is 11.3 Å². The number of piperidine rings is 2. The Morgan fingerprint density at radius 2 is 1.55 bits per heavy atom. The number of hydrogen-bond donors (Lipinski definition) is 1. The fraction of sp³-hybridized carbons (Fsp3) is 0.520. The molecular weight excluding hydrogens is 418 g/mol. The molecule has 176 valence electrons. The van der Waals surface area contributed by atoms with Gasteiger partial charge in [-0.05, 0) is 70.1 Å². The van der Waals surface area contributed by atoms with Gasteiger partial charge in [-0.25, -0.2) is 14.8 Å². The van der Waals surface area contributed by atoms with Gasteiger partial charge in [-0.3, -0.25) is 4.79 Å². The molecule has 0 bridgehead atoms. The molecule has 2 aromatic rings. The normalized spacial score (nSPS) is 18.2. The molecule has 3 heterocycles. The molecular formula is C25H33N5O3. The van der Waals surface area contributed by atoms with Gasteiger partial charge in [-0.1, -0.05) is 18.2 Å². The molecule has 4 rings (SSSR count). The van der Waals surface area contributed by atoms with Crippen LogP contribution in [0, 0.1) is 5.41 Å². The summed E-state index contributed by atoms with van der Waals surface area (Å²) in [6, 6.07) is 11.3. The maximum absolute atomic E-state index is 13.1. The summed E-state index contributed by atoms with van der Waals surface area (Å²) in [6.07, 6.45) is 5.18. The molecule has 8 nitrogen and oxygen atoms in total. The lowest BCUT2D eigenvalue weighted by atomic mass is 9.71. The number of para-hydroxylation sites is 1. The van der Waals surface area contributed by atoms with Gasteiger partial charge in [0.2, 0.25) is 5.95 Å². The lowest BCUT2D eigenvalue weighted by Crippen LogP contribution is -2.50. The van der Waals surface area contributed by atoms with Gasteiger partial charge in [0, 0.05) is 38.1 Å². The van der Waals surface area contributed by atoms with Crippen molar-refractivity contribution < 1.29 is 14.3 Å². The Morgan fingerprint density at radius 3 is 2.15 bits per heavy atom. The molecule has 2 amide bonds. The van der Waals surface area contributed by atoms with Crippen molar-refractivity contribution in [1.29, 1.82) is 0 Å². The molecule has 0 atom stereocenters. The van der Waals surface area contributed by atoms with Gasteiger partial charge in [0.25, 0.3) is 5.91 Å². The summed E-state index contributed by atoms with van der Waals surface area (Å²) in [7, 11) is 0. The van der Waals surface area contributed by atoms with Gasteiger partial charge in [0.15, 0.2) is 0 Å². The van der Waals surface area contributed by atoms with E-state index in [2.05, 4.69) is 15.3 Å². The Labute approximate surface area is 195 Å². The Hall–Kier alpha value is -3.16. The van der Waals surface area contributed by atoms with E-state index in [9.17, 15) is 9.59 Å². The molecule has 1 N–H and O–H groups in total. The van der Waals surface area contributed by atoms with Crippen LogP contribution < -0.4 is 5.32 Å². The van der Waals surface area contributed by atoms with Gasteiger partial charge >= 0.3 is 6.09 Å². The first-order valence-corrected chi connectivity index (χ1v) is 11.7.